The van der Waals surface area contributed by atoms with Crippen molar-refractivity contribution in [2.45, 2.75) is 44.7 Å². The van der Waals surface area contributed by atoms with Crippen molar-refractivity contribution in [2.24, 2.45) is 5.73 Å². The Hall–Kier alpha value is -0.830. The van der Waals surface area contributed by atoms with Crippen LogP contribution in [0.5, 0.6) is 0 Å². The normalized spacial score (nSPS) is 27.7. The van der Waals surface area contributed by atoms with Gasteiger partial charge in [0, 0.05) is 24.0 Å². The third-order valence-corrected chi connectivity index (χ3v) is 2.83. The van der Waals surface area contributed by atoms with Crippen LogP contribution in [0.3, 0.4) is 0 Å². The zero-order valence-corrected chi connectivity index (χ0v) is 8.27. The summed E-state index contributed by atoms with van der Waals surface area (Å²) in [4.78, 5) is 4.19. The average Bonchev–Trinajstić information content (AvgIpc) is 2.45. The Balaban J connectivity index is 2.16. The van der Waals surface area contributed by atoms with Crippen LogP contribution in [0.2, 0.25) is 0 Å². The van der Waals surface area contributed by atoms with Crippen LogP contribution in [0, 0.1) is 0 Å². The predicted octanol–water partition coefficient (Wildman–Crippen LogP) is 1.67. The van der Waals surface area contributed by atoms with E-state index < -0.39 is 0 Å². The molecule has 3 heteroatoms. The van der Waals surface area contributed by atoms with Crippen molar-refractivity contribution in [1.82, 2.24) is 9.55 Å². The molecule has 0 aliphatic heterocycles. The van der Waals surface area contributed by atoms with Crippen molar-refractivity contribution >= 4 is 0 Å². The lowest BCUT2D eigenvalue weighted by Gasteiger charge is -2.35. The van der Waals surface area contributed by atoms with Crippen LogP contribution >= 0.6 is 0 Å². The van der Waals surface area contributed by atoms with Crippen LogP contribution in [0.1, 0.15) is 44.3 Å². The van der Waals surface area contributed by atoms with Gasteiger partial charge in [-0.05, 0) is 18.8 Å². The van der Waals surface area contributed by atoms with Gasteiger partial charge in [-0.1, -0.05) is 13.8 Å². The van der Waals surface area contributed by atoms with Gasteiger partial charge in [-0.25, -0.2) is 4.98 Å². The highest BCUT2D eigenvalue weighted by Crippen LogP contribution is 2.33. The van der Waals surface area contributed by atoms with E-state index in [1.54, 1.807) is 0 Å². The van der Waals surface area contributed by atoms with Crippen molar-refractivity contribution in [3.8, 4) is 0 Å². The van der Waals surface area contributed by atoms with E-state index in [1.165, 1.54) is 5.69 Å². The van der Waals surface area contributed by atoms with Crippen molar-refractivity contribution < 1.29 is 0 Å². The van der Waals surface area contributed by atoms with Crippen LogP contribution in [-0.4, -0.2) is 15.6 Å². The molecule has 0 atom stereocenters. The molecule has 0 aromatic carbocycles. The van der Waals surface area contributed by atoms with Crippen LogP contribution < -0.4 is 5.73 Å². The summed E-state index contributed by atoms with van der Waals surface area (Å²) in [6.45, 7) is 4.40. The molecule has 0 spiro atoms. The number of imidazole rings is 1. The average molecular weight is 179 g/mol. The predicted molar refractivity (Wildman–Crippen MR) is 52.6 cm³/mol. The van der Waals surface area contributed by atoms with Gasteiger partial charge in [-0.15, -0.1) is 0 Å². The van der Waals surface area contributed by atoms with Crippen LogP contribution in [0.4, 0.5) is 0 Å². The molecule has 2 N–H and O–H groups in total. The second-order valence-corrected chi connectivity index (χ2v) is 4.27. The smallest absolute Gasteiger partial charge is 0.0950 e. The van der Waals surface area contributed by atoms with E-state index in [1.807, 2.05) is 12.5 Å². The Kier molecular flexibility index (Phi) is 2.12. The van der Waals surface area contributed by atoms with E-state index in [9.17, 15) is 0 Å². The third-order valence-electron chi connectivity index (χ3n) is 2.83. The molecule has 2 rings (SSSR count). The summed E-state index contributed by atoms with van der Waals surface area (Å²) in [7, 11) is 0. The lowest BCUT2D eigenvalue weighted by molar-refractivity contribution is 0.260. The number of hydrogen-bond acceptors (Lipinski definition) is 2. The molecule has 13 heavy (non-hydrogen) atoms. The van der Waals surface area contributed by atoms with Gasteiger partial charge in [0.15, 0.2) is 0 Å². The Morgan fingerprint density at radius 2 is 2.23 bits per heavy atom. The largest absolute Gasteiger partial charge is 0.331 e. The molecule has 72 valence electrons. The van der Waals surface area contributed by atoms with Gasteiger partial charge in [0.05, 0.1) is 6.33 Å². The summed E-state index contributed by atoms with van der Waals surface area (Å²) in [6.07, 6.45) is 6.12. The zero-order valence-electron chi connectivity index (χ0n) is 8.27. The summed E-state index contributed by atoms with van der Waals surface area (Å²) < 4.78 is 2.29. The van der Waals surface area contributed by atoms with Gasteiger partial charge in [-0.3, -0.25) is 0 Å². The maximum Gasteiger partial charge on any atom is 0.0950 e. The molecule has 1 saturated carbocycles. The fourth-order valence-electron chi connectivity index (χ4n) is 1.92. The van der Waals surface area contributed by atoms with E-state index in [4.69, 9.17) is 5.73 Å². The molecule has 0 unspecified atom stereocenters. The first-order chi connectivity index (χ1) is 6.18. The Morgan fingerprint density at radius 1 is 1.54 bits per heavy atom. The molecule has 0 amide bonds. The number of nitrogens with zero attached hydrogens (tertiary/aromatic N) is 2. The molecule has 1 aliphatic carbocycles. The molecule has 1 heterocycles. The molecule has 1 aromatic rings. The summed E-state index contributed by atoms with van der Waals surface area (Å²) in [5.41, 5.74) is 7.10. The zero-order chi connectivity index (χ0) is 9.42. The highest BCUT2D eigenvalue weighted by Gasteiger charge is 2.28. The van der Waals surface area contributed by atoms with Crippen molar-refractivity contribution in [1.29, 1.82) is 0 Å². The van der Waals surface area contributed by atoms with Crippen molar-refractivity contribution in [3.05, 3.63) is 18.2 Å². The number of hydrogen-bond donors (Lipinski definition) is 1. The molecule has 0 radical (unpaired) electrons. The minimum atomic E-state index is 0.410. The molecule has 0 bridgehead atoms. The molecular weight excluding hydrogens is 162 g/mol. The van der Waals surface area contributed by atoms with Gasteiger partial charge in [0.25, 0.3) is 0 Å². The molecule has 0 saturated heterocycles. The standard InChI is InChI=1S/C10H17N3/c1-7(2)10-5-12-6-13(10)9-3-8(11)4-9/h5-9H,3-4,11H2,1-2H3. The van der Waals surface area contributed by atoms with Gasteiger partial charge in [0.1, 0.15) is 0 Å². The maximum absolute atomic E-state index is 5.77. The van der Waals surface area contributed by atoms with Crippen molar-refractivity contribution in [2.75, 3.05) is 0 Å². The van der Waals surface area contributed by atoms with Gasteiger partial charge >= 0.3 is 0 Å². The van der Waals surface area contributed by atoms with E-state index in [0.717, 1.165) is 12.8 Å². The summed E-state index contributed by atoms with van der Waals surface area (Å²) in [5.74, 6) is 0.555. The van der Waals surface area contributed by atoms with Crippen molar-refractivity contribution in [3.63, 3.8) is 0 Å². The highest BCUT2D eigenvalue weighted by molar-refractivity contribution is 5.07. The lowest BCUT2D eigenvalue weighted by Crippen LogP contribution is -2.38. The number of nitrogens with two attached hydrogens (primary N) is 1. The first kappa shape index (κ1) is 8.75. The minimum absolute atomic E-state index is 0.410. The van der Waals surface area contributed by atoms with Gasteiger partial charge < -0.3 is 10.3 Å². The van der Waals surface area contributed by atoms with E-state index in [2.05, 4.69) is 23.4 Å². The summed E-state index contributed by atoms with van der Waals surface area (Å²) in [6, 6.07) is 1.02. The number of rotatable bonds is 2. The van der Waals surface area contributed by atoms with Gasteiger partial charge in [0.2, 0.25) is 0 Å². The van der Waals surface area contributed by atoms with E-state index >= 15 is 0 Å². The van der Waals surface area contributed by atoms with Crippen LogP contribution in [0.25, 0.3) is 0 Å². The molecule has 1 fully saturated rings. The third kappa shape index (κ3) is 1.48. The lowest BCUT2D eigenvalue weighted by atomic mass is 9.87. The summed E-state index contributed by atoms with van der Waals surface area (Å²) >= 11 is 0. The Morgan fingerprint density at radius 3 is 2.77 bits per heavy atom. The van der Waals surface area contributed by atoms with E-state index in [0.29, 0.717) is 18.0 Å². The fraction of sp³-hybridized carbons (Fsp3) is 0.700. The van der Waals surface area contributed by atoms with E-state index in [-0.39, 0.29) is 0 Å². The second-order valence-electron chi connectivity index (χ2n) is 4.27. The topological polar surface area (TPSA) is 43.8 Å². The molecule has 3 nitrogen and oxygen atoms in total. The van der Waals surface area contributed by atoms with Crippen LogP contribution in [0.15, 0.2) is 12.5 Å². The first-order valence-electron chi connectivity index (χ1n) is 4.95. The molecule has 1 aromatic heterocycles. The Bertz CT molecular complexity index is 284. The quantitative estimate of drug-likeness (QED) is 0.750. The maximum atomic E-state index is 5.77. The van der Waals surface area contributed by atoms with Gasteiger partial charge in [-0.2, -0.15) is 0 Å². The fourth-order valence-corrected chi connectivity index (χ4v) is 1.92. The number of aromatic nitrogens is 2. The van der Waals surface area contributed by atoms with Crippen LogP contribution in [-0.2, 0) is 0 Å². The first-order valence-corrected chi connectivity index (χ1v) is 4.95. The Labute approximate surface area is 79.0 Å². The molecular formula is C10H17N3. The molecule has 1 aliphatic rings. The minimum Gasteiger partial charge on any atom is -0.331 e. The summed E-state index contributed by atoms with van der Waals surface area (Å²) in [5, 5.41) is 0. The second kappa shape index (κ2) is 3.14. The monoisotopic (exact) mass is 179 g/mol. The SMILES string of the molecule is CC(C)c1cncn1C1CC(N)C1. The highest BCUT2D eigenvalue weighted by atomic mass is 15.1.